The van der Waals surface area contributed by atoms with Crippen molar-refractivity contribution in [3.63, 3.8) is 0 Å². The normalized spacial score (nSPS) is 19.3. The number of likely N-dealkylation sites (N-methyl/N-ethyl adjacent to an activating group) is 1. The van der Waals surface area contributed by atoms with Gasteiger partial charge in [0.15, 0.2) is 6.10 Å². The van der Waals surface area contributed by atoms with Crippen LogP contribution in [0.4, 0.5) is 0 Å². The maximum Gasteiger partial charge on any atom is 0.472 e. The summed E-state index contributed by atoms with van der Waals surface area (Å²) in [6, 6.07) is 0. The maximum absolute atomic E-state index is 12.7. The number of rotatable bonds is 39. The van der Waals surface area contributed by atoms with E-state index in [9.17, 15) is 34.1 Å². The summed E-state index contributed by atoms with van der Waals surface area (Å²) in [5.74, 6) is -1.46. The van der Waals surface area contributed by atoms with Crippen LogP contribution in [0.5, 0.6) is 0 Å². The van der Waals surface area contributed by atoms with Crippen molar-refractivity contribution in [2.45, 2.75) is 206 Å². The number of ketones is 1. The van der Waals surface area contributed by atoms with Crippen molar-refractivity contribution in [3.05, 3.63) is 12.2 Å². The molecule has 0 aromatic carbocycles. The largest absolute Gasteiger partial charge is 0.472 e. The van der Waals surface area contributed by atoms with Gasteiger partial charge >= 0.3 is 19.8 Å². The van der Waals surface area contributed by atoms with Crippen molar-refractivity contribution >= 4 is 25.5 Å². The van der Waals surface area contributed by atoms with E-state index >= 15 is 0 Å². The molecule has 1 fully saturated rings. The molecule has 0 spiro atoms. The highest BCUT2D eigenvalue weighted by molar-refractivity contribution is 7.47. The van der Waals surface area contributed by atoms with Gasteiger partial charge in [0.05, 0.1) is 40.0 Å². The molecule has 0 amide bonds. The Hall–Kier alpha value is -1.66. The molecule has 1 aliphatic rings. The van der Waals surface area contributed by atoms with E-state index in [0.717, 1.165) is 57.8 Å². The van der Waals surface area contributed by atoms with E-state index in [1.807, 2.05) is 27.2 Å². The molecule has 12 nitrogen and oxygen atoms in total. The van der Waals surface area contributed by atoms with Gasteiger partial charge in [-0.3, -0.25) is 23.4 Å². The molecule has 0 aromatic rings. The van der Waals surface area contributed by atoms with Crippen LogP contribution in [-0.2, 0) is 37.5 Å². The highest BCUT2D eigenvalue weighted by Gasteiger charge is 2.39. The van der Waals surface area contributed by atoms with Crippen LogP contribution >= 0.6 is 7.82 Å². The number of unbranched alkanes of at least 4 members (excludes halogenated alkanes) is 19. The van der Waals surface area contributed by atoms with Gasteiger partial charge in [-0.1, -0.05) is 154 Å². The van der Waals surface area contributed by atoms with Gasteiger partial charge in [-0.15, -0.1) is 0 Å². The summed E-state index contributed by atoms with van der Waals surface area (Å²) < 4.78 is 34.3. The number of carbonyl (C=O) groups is 3. The Balaban J connectivity index is 2.44. The van der Waals surface area contributed by atoms with Crippen LogP contribution in [0.15, 0.2) is 12.2 Å². The number of phosphoric acid groups is 1. The van der Waals surface area contributed by atoms with Gasteiger partial charge in [-0.25, -0.2) is 4.57 Å². The van der Waals surface area contributed by atoms with Crippen LogP contribution in [0.1, 0.15) is 187 Å². The Bertz CT molecular complexity index is 1180. The first-order chi connectivity index (χ1) is 28.2. The number of quaternary nitrogens is 1. The zero-order valence-electron chi connectivity index (χ0n) is 38.0. The third-order valence-corrected chi connectivity index (χ3v) is 12.2. The second-order valence-corrected chi connectivity index (χ2v) is 19.4. The summed E-state index contributed by atoms with van der Waals surface area (Å²) in [7, 11) is 1.35. The summed E-state index contributed by atoms with van der Waals surface area (Å²) in [5, 5.41) is 20.7. The fraction of sp³-hybridized carbons (Fsp3) is 0.891. The minimum absolute atomic E-state index is 0.00418. The number of Topliss-reactive ketones (excluding diaryl/α,β-unsaturated/α-hetero) is 1. The van der Waals surface area contributed by atoms with Crippen molar-refractivity contribution in [1.82, 2.24) is 0 Å². The molecule has 0 bridgehead atoms. The molecule has 3 N–H and O–H groups in total. The fourth-order valence-electron chi connectivity index (χ4n) is 7.44. The maximum atomic E-state index is 12.7. The first-order valence-corrected chi connectivity index (χ1v) is 25.0. The van der Waals surface area contributed by atoms with Gasteiger partial charge in [0.25, 0.3) is 0 Å². The van der Waals surface area contributed by atoms with E-state index in [4.69, 9.17) is 18.5 Å². The Labute approximate surface area is 358 Å². The number of esters is 2. The van der Waals surface area contributed by atoms with Crippen molar-refractivity contribution < 1.29 is 57.1 Å². The summed E-state index contributed by atoms with van der Waals surface area (Å²) in [6.45, 7) is 4.07. The Morgan fingerprint density at radius 1 is 0.746 bits per heavy atom. The third kappa shape index (κ3) is 30.9. The zero-order valence-corrected chi connectivity index (χ0v) is 38.9. The first-order valence-electron chi connectivity index (χ1n) is 23.5. The van der Waals surface area contributed by atoms with E-state index in [-0.39, 0.29) is 50.1 Å². The summed E-state index contributed by atoms with van der Waals surface area (Å²) in [4.78, 5) is 48.2. The Kier molecular flexibility index (Phi) is 31.8. The lowest BCUT2D eigenvalue weighted by Crippen LogP contribution is -2.37. The molecule has 0 aromatic heterocycles. The van der Waals surface area contributed by atoms with Crippen LogP contribution in [0.3, 0.4) is 0 Å². The van der Waals surface area contributed by atoms with Crippen LogP contribution in [0.2, 0.25) is 0 Å². The van der Waals surface area contributed by atoms with E-state index in [2.05, 4.69) is 13.8 Å². The highest BCUT2D eigenvalue weighted by atomic mass is 31.2. The molecule has 0 saturated heterocycles. The smallest absolute Gasteiger partial charge is 0.462 e. The standard InChI is InChI=1S/C46H86NO11P/c1-6-8-10-11-12-13-14-15-16-17-18-19-20-21-27-31-46(52)58-40(38-57-59(53,54)56-35-34-47(3,4)5)37-55-45(51)30-26-23-22-25-29-41-42(44(50)36-43(41)49)33-32-39(48)28-24-9-7-2/h32-33,39-42,44,48,50H,6-31,34-38H2,1-5H3/p+1/b33-32+/t39-,40+,41+,42+,44+/m0/s1. The second-order valence-electron chi connectivity index (χ2n) is 17.9. The molecule has 1 aliphatic carbocycles. The number of aliphatic hydroxyl groups excluding tert-OH is 2. The predicted molar refractivity (Wildman–Crippen MR) is 235 cm³/mol. The Morgan fingerprint density at radius 2 is 1.25 bits per heavy atom. The minimum Gasteiger partial charge on any atom is -0.462 e. The van der Waals surface area contributed by atoms with Crippen LogP contribution in [0.25, 0.3) is 0 Å². The fourth-order valence-corrected chi connectivity index (χ4v) is 8.18. The lowest BCUT2D eigenvalue weighted by molar-refractivity contribution is -0.870. The first kappa shape index (κ1) is 55.4. The summed E-state index contributed by atoms with van der Waals surface area (Å²) >= 11 is 0. The number of carbonyl (C=O) groups excluding carboxylic acids is 3. The topological polar surface area (TPSA) is 166 Å². The number of ether oxygens (including phenoxy) is 2. The Morgan fingerprint density at radius 3 is 1.81 bits per heavy atom. The van der Waals surface area contributed by atoms with E-state index in [1.165, 1.54) is 70.6 Å². The molecule has 59 heavy (non-hydrogen) atoms. The van der Waals surface area contributed by atoms with Gasteiger partial charge in [-0.05, 0) is 25.7 Å². The quantitative estimate of drug-likeness (QED) is 0.0177. The predicted octanol–water partition coefficient (Wildman–Crippen LogP) is 9.95. The molecule has 0 heterocycles. The summed E-state index contributed by atoms with van der Waals surface area (Å²) in [5.41, 5.74) is 0. The van der Waals surface area contributed by atoms with Crippen molar-refractivity contribution in [2.24, 2.45) is 11.8 Å². The van der Waals surface area contributed by atoms with Crippen LogP contribution < -0.4 is 0 Å². The van der Waals surface area contributed by atoms with Gasteiger partial charge in [0, 0.05) is 31.1 Å². The average molecular weight is 861 g/mol. The monoisotopic (exact) mass is 861 g/mol. The molecule has 13 heteroatoms. The number of phosphoric ester groups is 1. The summed E-state index contributed by atoms with van der Waals surface area (Å²) in [6.07, 6.45) is 27.2. The average Bonchev–Trinajstić information content (AvgIpc) is 3.44. The molecule has 6 atom stereocenters. The van der Waals surface area contributed by atoms with E-state index < -0.39 is 44.7 Å². The lowest BCUT2D eigenvalue weighted by Gasteiger charge is -2.24. The van der Waals surface area contributed by atoms with Crippen molar-refractivity contribution in [2.75, 3.05) is 47.5 Å². The zero-order chi connectivity index (χ0) is 43.8. The second kappa shape index (κ2) is 33.9. The molecule has 1 rings (SSSR count). The molecule has 0 radical (unpaired) electrons. The van der Waals surface area contributed by atoms with Gasteiger partial charge in [0.2, 0.25) is 0 Å². The van der Waals surface area contributed by atoms with Gasteiger partial charge < -0.3 is 29.1 Å². The third-order valence-electron chi connectivity index (χ3n) is 11.2. The van der Waals surface area contributed by atoms with Crippen molar-refractivity contribution in [1.29, 1.82) is 0 Å². The van der Waals surface area contributed by atoms with E-state index in [1.54, 1.807) is 6.08 Å². The number of hydrogen-bond acceptors (Lipinski definition) is 10. The molecule has 346 valence electrons. The molecule has 0 aliphatic heterocycles. The minimum atomic E-state index is -4.43. The van der Waals surface area contributed by atoms with E-state index in [0.29, 0.717) is 36.7 Å². The lowest BCUT2D eigenvalue weighted by atomic mass is 9.88. The molecular formula is C46H87NO11P+. The van der Waals surface area contributed by atoms with Gasteiger partial charge in [-0.2, -0.15) is 0 Å². The number of hydrogen-bond donors (Lipinski definition) is 3. The number of nitrogens with zero attached hydrogens (tertiary/aromatic N) is 1. The van der Waals surface area contributed by atoms with Crippen LogP contribution in [0, 0.1) is 11.8 Å². The molecule has 1 saturated carbocycles. The molecular weight excluding hydrogens is 773 g/mol. The van der Waals surface area contributed by atoms with Gasteiger partial charge in [0.1, 0.15) is 25.5 Å². The molecule has 1 unspecified atom stereocenters. The highest BCUT2D eigenvalue weighted by Crippen LogP contribution is 2.43. The SMILES string of the molecule is CCCCCCCCCCCCCCCCCC(=O)O[C@H](COC(=O)CCCCCC[C@H]1C(=O)C[C@@H](O)[C@@H]1/C=C/[C@@H](O)CCCCC)COP(=O)(O)OCC[N+](C)(C)C. The van der Waals surface area contributed by atoms with Crippen molar-refractivity contribution in [3.8, 4) is 0 Å². The van der Waals surface area contributed by atoms with Crippen LogP contribution in [-0.4, -0.2) is 103 Å². The number of aliphatic hydroxyl groups is 2.